The van der Waals surface area contributed by atoms with Crippen molar-refractivity contribution in [2.45, 2.75) is 25.8 Å². The summed E-state index contributed by atoms with van der Waals surface area (Å²) >= 11 is 0. The first kappa shape index (κ1) is 16.2. The van der Waals surface area contributed by atoms with Gasteiger partial charge in [-0.3, -0.25) is 4.99 Å². The number of fused-ring (bicyclic) bond motifs is 1. The zero-order chi connectivity index (χ0) is 17.3. The van der Waals surface area contributed by atoms with Crippen molar-refractivity contribution in [2.75, 3.05) is 18.4 Å². The highest BCUT2D eigenvalue weighted by molar-refractivity contribution is 6.02. The Morgan fingerprint density at radius 3 is 2.48 bits per heavy atom. The highest BCUT2D eigenvalue weighted by atomic mass is 19.2. The van der Waals surface area contributed by atoms with Crippen molar-refractivity contribution in [3.63, 3.8) is 0 Å². The summed E-state index contributed by atoms with van der Waals surface area (Å²) in [5.41, 5.74) is 2.48. The largest absolute Gasteiger partial charge is 0.343 e. The molecule has 0 atom stereocenters. The highest BCUT2D eigenvalue weighted by Crippen LogP contribution is 2.41. The summed E-state index contributed by atoms with van der Waals surface area (Å²) in [4.78, 5) is 4.84. The molecular weight excluding hydrogens is 320 g/mol. The van der Waals surface area contributed by atoms with Gasteiger partial charge >= 0.3 is 0 Å². The maximum atomic E-state index is 13.7. The molecule has 130 valence electrons. The second-order valence-electron chi connectivity index (χ2n) is 6.91. The van der Waals surface area contributed by atoms with Gasteiger partial charge in [0.15, 0.2) is 11.6 Å². The van der Waals surface area contributed by atoms with Gasteiger partial charge in [0.05, 0.1) is 6.54 Å². The summed E-state index contributed by atoms with van der Waals surface area (Å²) in [5.74, 6) is -0.708. The third-order valence-electron chi connectivity index (χ3n) is 5.25. The van der Waals surface area contributed by atoms with E-state index in [4.69, 9.17) is 4.99 Å². The molecule has 25 heavy (non-hydrogen) atoms. The van der Waals surface area contributed by atoms with Crippen LogP contribution in [0.3, 0.4) is 0 Å². The molecule has 0 saturated carbocycles. The highest BCUT2D eigenvalue weighted by Gasteiger charge is 2.41. The van der Waals surface area contributed by atoms with E-state index in [0.29, 0.717) is 18.7 Å². The fourth-order valence-electron chi connectivity index (χ4n) is 3.84. The minimum absolute atomic E-state index is 0.128. The first-order valence-electron chi connectivity index (χ1n) is 8.71. The molecule has 2 N–H and O–H groups in total. The molecule has 2 aliphatic heterocycles. The lowest BCUT2D eigenvalue weighted by Crippen LogP contribution is -2.48. The number of amidine groups is 1. The third kappa shape index (κ3) is 3.16. The summed E-state index contributed by atoms with van der Waals surface area (Å²) in [7, 11) is 0. The Kier molecular flexibility index (Phi) is 4.25. The van der Waals surface area contributed by atoms with E-state index in [9.17, 15) is 8.78 Å². The first-order valence-corrected chi connectivity index (χ1v) is 8.71. The number of rotatable bonds is 2. The molecule has 1 spiro atoms. The Balaban J connectivity index is 1.70. The molecule has 1 saturated heterocycles. The van der Waals surface area contributed by atoms with Crippen LogP contribution in [0, 0.1) is 17.0 Å². The van der Waals surface area contributed by atoms with Crippen LogP contribution in [0.5, 0.6) is 0 Å². The number of hydrogen-bond donors (Lipinski definition) is 2. The fourth-order valence-corrected chi connectivity index (χ4v) is 3.84. The van der Waals surface area contributed by atoms with Crippen LogP contribution in [-0.4, -0.2) is 18.9 Å². The monoisotopic (exact) mass is 341 g/mol. The molecule has 0 aromatic heterocycles. The summed E-state index contributed by atoms with van der Waals surface area (Å²) in [6, 6.07) is 12.6. The third-order valence-corrected chi connectivity index (χ3v) is 5.25. The van der Waals surface area contributed by atoms with Crippen LogP contribution in [-0.2, 0) is 13.0 Å². The van der Waals surface area contributed by atoms with Gasteiger partial charge in [-0.2, -0.15) is 0 Å². The Morgan fingerprint density at radius 2 is 1.72 bits per heavy atom. The zero-order valence-electron chi connectivity index (χ0n) is 14.0. The molecule has 0 amide bonds. The van der Waals surface area contributed by atoms with Gasteiger partial charge < -0.3 is 10.6 Å². The van der Waals surface area contributed by atoms with E-state index < -0.39 is 11.6 Å². The van der Waals surface area contributed by atoms with Crippen LogP contribution in [0.2, 0.25) is 0 Å². The van der Waals surface area contributed by atoms with Gasteiger partial charge in [0.2, 0.25) is 0 Å². The summed E-state index contributed by atoms with van der Waals surface area (Å²) < 4.78 is 27.3. The van der Waals surface area contributed by atoms with Crippen LogP contribution in [0.1, 0.15) is 24.0 Å². The van der Waals surface area contributed by atoms with E-state index in [1.807, 2.05) is 30.3 Å². The number of halogens is 2. The van der Waals surface area contributed by atoms with Crippen LogP contribution < -0.4 is 10.6 Å². The maximum absolute atomic E-state index is 13.7. The fraction of sp³-hybridized carbons (Fsp3) is 0.350. The van der Waals surface area contributed by atoms with Gasteiger partial charge in [0, 0.05) is 17.2 Å². The van der Waals surface area contributed by atoms with Crippen molar-refractivity contribution in [2.24, 2.45) is 10.4 Å². The quantitative estimate of drug-likeness (QED) is 0.869. The molecule has 4 rings (SSSR count). The molecule has 5 heteroatoms. The van der Waals surface area contributed by atoms with E-state index in [0.717, 1.165) is 42.9 Å². The van der Waals surface area contributed by atoms with E-state index in [1.54, 1.807) is 0 Å². The van der Waals surface area contributed by atoms with Crippen molar-refractivity contribution in [1.29, 1.82) is 0 Å². The van der Waals surface area contributed by atoms with Crippen LogP contribution in [0.4, 0.5) is 14.5 Å². The summed E-state index contributed by atoms with van der Waals surface area (Å²) in [5, 5.41) is 6.69. The average molecular weight is 341 g/mol. The Morgan fingerprint density at radius 1 is 1.00 bits per heavy atom. The van der Waals surface area contributed by atoms with Gasteiger partial charge in [-0.25, -0.2) is 8.78 Å². The molecular formula is C20H21F2N3. The number of piperidine rings is 1. The predicted octanol–water partition coefficient (Wildman–Crippen LogP) is 3.90. The van der Waals surface area contributed by atoms with Crippen molar-refractivity contribution in [3.8, 4) is 0 Å². The molecule has 2 aromatic rings. The Bertz CT molecular complexity index is 796. The van der Waals surface area contributed by atoms with E-state index in [-0.39, 0.29) is 5.41 Å². The molecule has 2 aromatic carbocycles. The van der Waals surface area contributed by atoms with Gasteiger partial charge in [0.25, 0.3) is 0 Å². The lowest BCUT2D eigenvalue weighted by atomic mass is 9.71. The lowest BCUT2D eigenvalue weighted by molar-refractivity contribution is 0.292. The minimum Gasteiger partial charge on any atom is -0.343 e. The molecule has 0 aliphatic carbocycles. The normalized spacial score (nSPS) is 20.3. The van der Waals surface area contributed by atoms with Gasteiger partial charge in [-0.15, -0.1) is 0 Å². The first-order chi connectivity index (χ1) is 12.2. The van der Waals surface area contributed by atoms with Crippen molar-refractivity contribution < 1.29 is 8.78 Å². The molecule has 1 fully saturated rings. The molecule has 0 bridgehead atoms. The SMILES string of the molecule is Fc1cc2c(cc1F)NC(=NCc1ccccc1)C1(CCNCC1)C2. The minimum atomic E-state index is -0.824. The second kappa shape index (κ2) is 6.56. The molecule has 2 aliphatic rings. The molecule has 2 heterocycles. The van der Waals surface area contributed by atoms with Crippen molar-refractivity contribution in [3.05, 3.63) is 65.2 Å². The van der Waals surface area contributed by atoms with Crippen molar-refractivity contribution in [1.82, 2.24) is 5.32 Å². The number of aliphatic imine (C=N–C) groups is 1. The summed E-state index contributed by atoms with van der Waals surface area (Å²) in [6.45, 7) is 2.40. The van der Waals surface area contributed by atoms with E-state index in [2.05, 4.69) is 10.6 Å². The maximum Gasteiger partial charge on any atom is 0.160 e. The smallest absolute Gasteiger partial charge is 0.160 e. The number of nitrogens with one attached hydrogen (secondary N) is 2. The average Bonchev–Trinajstić information content (AvgIpc) is 2.63. The van der Waals surface area contributed by atoms with Gasteiger partial charge in [0.1, 0.15) is 5.84 Å². The van der Waals surface area contributed by atoms with Crippen LogP contribution in [0.25, 0.3) is 0 Å². The van der Waals surface area contributed by atoms with Crippen LogP contribution in [0.15, 0.2) is 47.5 Å². The number of benzene rings is 2. The lowest BCUT2D eigenvalue weighted by Gasteiger charge is -2.43. The Hall–Kier alpha value is -2.27. The second-order valence-corrected chi connectivity index (χ2v) is 6.91. The summed E-state index contributed by atoms with van der Waals surface area (Å²) in [6.07, 6.45) is 2.57. The number of nitrogens with zero attached hydrogens (tertiary/aromatic N) is 1. The number of anilines is 1. The predicted molar refractivity (Wildman–Crippen MR) is 95.8 cm³/mol. The Labute approximate surface area is 146 Å². The number of hydrogen-bond acceptors (Lipinski definition) is 2. The van der Waals surface area contributed by atoms with Gasteiger partial charge in [-0.05, 0) is 49.5 Å². The topological polar surface area (TPSA) is 36.4 Å². The van der Waals surface area contributed by atoms with E-state index in [1.165, 1.54) is 12.1 Å². The standard InChI is InChI=1S/C20H21F2N3/c21-16-10-15-12-20(6-8-23-9-7-20)19(25-18(15)11-17(16)22)24-13-14-4-2-1-3-5-14/h1-5,10-11,23H,6-9,12-13H2,(H,24,25). The zero-order valence-corrected chi connectivity index (χ0v) is 14.0. The molecule has 3 nitrogen and oxygen atoms in total. The van der Waals surface area contributed by atoms with E-state index >= 15 is 0 Å². The van der Waals surface area contributed by atoms with Crippen LogP contribution >= 0.6 is 0 Å². The molecule has 0 radical (unpaired) electrons. The van der Waals surface area contributed by atoms with Gasteiger partial charge in [-0.1, -0.05) is 30.3 Å². The molecule has 0 unspecified atom stereocenters. The van der Waals surface area contributed by atoms with Crippen molar-refractivity contribution >= 4 is 11.5 Å².